The van der Waals surface area contributed by atoms with Gasteiger partial charge in [-0.1, -0.05) is 28.1 Å². The quantitative estimate of drug-likeness (QED) is 0.798. The third-order valence-electron chi connectivity index (χ3n) is 2.20. The minimum absolute atomic E-state index is 0.0816. The van der Waals surface area contributed by atoms with E-state index >= 15 is 0 Å². The van der Waals surface area contributed by atoms with E-state index in [1.54, 1.807) is 18.2 Å². The van der Waals surface area contributed by atoms with Gasteiger partial charge < -0.3 is 0 Å². The molecule has 16 heavy (non-hydrogen) atoms. The van der Waals surface area contributed by atoms with E-state index < -0.39 is 4.83 Å². The minimum atomic E-state index is -0.522. The molecule has 1 aromatic rings. The summed E-state index contributed by atoms with van der Waals surface area (Å²) in [5, 5.41) is 17.7. The second-order valence-corrected chi connectivity index (χ2v) is 4.21. The van der Waals surface area contributed by atoms with Crippen LogP contribution in [0.2, 0.25) is 0 Å². The number of ketones is 1. The molecule has 0 spiro atoms. The molecule has 0 saturated heterocycles. The van der Waals surface area contributed by atoms with Gasteiger partial charge in [0.2, 0.25) is 0 Å². The van der Waals surface area contributed by atoms with Crippen LogP contribution < -0.4 is 0 Å². The summed E-state index contributed by atoms with van der Waals surface area (Å²) in [4.78, 5) is 10.8. The standard InChI is InChI=1S/C12H9BrN2O/c1-8(16)12(13)11-9(5-6-14)3-2-4-10(11)7-15/h2-4,12H,5H2,1H3. The van der Waals surface area contributed by atoms with Crippen molar-refractivity contribution in [3.05, 3.63) is 34.9 Å². The number of hydrogen-bond donors (Lipinski definition) is 0. The topological polar surface area (TPSA) is 64.7 Å². The Morgan fingerprint density at radius 1 is 1.50 bits per heavy atom. The smallest absolute Gasteiger partial charge is 0.147 e. The lowest BCUT2D eigenvalue weighted by atomic mass is 9.96. The normalized spacial score (nSPS) is 11.2. The molecule has 0 aliphatic carbocycles. The van der Waals surface area contributed by atoms with Gasteiger partial charge >= 0.3 is 0 Å². The molecule has 0 aromatic heterocycles. The first kappa shape index (κ1) is 12.4. The van der Waals surface area contributed by atoms with E-state index in [9.17, 15) is 4.79 Å². The number of alkyl halides is 1. The Morgan fingerprint density at radius 2 is 2.19 bits per heavy atom. The van der Waals surface area contributed by atoms with Gasteiger partial charge in [-0.25, -0.2) is 0 Å². The van der Waals surface area contributed by atoms with E-state index in [1.807, 2.05) is 12.1 Å². The maximum atomic E-state index is 11.3. The monoisotopic (exact) mass is 276 g/mol. The van der Waals surface area contributed by atoms with Gasteiger partial charge in [0.15, 0.2) is 0 Å². The average molecular weight is 277 g/mol. The Morgan fingerprint density at radius 3 is 2.69 bits per heavy atom. The maximum absolute atomic E-state index is 11.3. The molecule has 1 atom stereocenters. The molecule has 0 N–H and O–H groups in total. The summed E-state index contributed by atoms with van der Waals surface area (Å²) < 4.78 is 0. The summed E-state index contributed by atoms with van der Waals surface area (Å²) in [7, 11) is 0. The second kappa shape index (κ2) is 5.44. The van der Waals surface area contributed by atoms with Gasteiger partial charge in [-0.2, -0.15) is 10.5 Å². The molecule has 0 heterocycles. The SMILES string of the molecule is CC(=O)C(Br)c1c(C#N)cccc1CC#N. The number of nitrogens with zero attached hydrogens (tertiary/aromatic N) is 2. The molecule has 0 fully saturated rings. The minimum Gasteiger partial charge on any atom is -0.298 e. The molecule has 0 radical (unpaired) electrons. The third-order valence-corrected chi connectivity index (χ3v) is 3.30. The first-order chi connectivity index (χ1) is 7.61. The number of carbonyl (C=O) groups excluding carboxylic acids is 1. The Hall–Kier alpha value is -1.65. The fourth-order valence-electron chi connectivity index (χ4n) is 1.45. The van der Waals surface area contributed by atoms with Crippen LogP contribution in [0.4, 0.5) is 0 Å². The lowest BCUT2D eigenvalue weighted by molar-refractivity contribution is -0.116. The number of halogens is 1. The molecule has 1 rings (SSSR count). The summed E-state index contributed by atoms with van der Waals surface area (Å²) in [5.74, 6) is -0.0816. The van der Waals surface area contributed by atoms with E-state index in [0.717, 1.165) is 5.56 Å². The van der Waals surface area contributed by atoms with Gasteiger partial charge in [-0.3, -0.25) is 4.79 Å². The largest absolute Gasteiger partial charge is 0.298 e. The van der Waals surface area contributed by atoms with Crippen molar-refractivity contribution in [3.8, 4) is 12.1 Å². The number of hydrogen-bond acceptors (Lipinski definition) is 3. The number of rotatable bonds is 3. The number of nitriles is 2. The average Bonchev–Trinajstić information content (AvgIpc) is 2.28. The molecule has 3 nitrogen and oxygen atoms in total. The van der Waals surface area contributed by atoms with Crippen LogP contribution in [-0.2, 0) is 11.2 Å². The van der Waals surface area contributed by atoms with Crippen LogP contribution in [0.1, 0.15) is 28.4 Å². The summed E-state index contributed by atoms with van der Waals surface area (Å²) in [6.07, 6.45) is 0.195. The maximum Gasteiger partial charge on any atom is 0.147 e. The summed E-state index contributed by atoms with van der Waals surface area (Å²) in [5.41, 5.74) is 1.77. The van der Waals surface area contributed by atoms with Crippen molar-refractivity contribution in [3.63, 3.8) is 0 Å². The van der Waals surface area contributed by atoms with Crippen LogP contribution in [0.3, 0.4) is 0 Å². The molecule has 80 valence electrons. The molecular weight excluding hydrogens is 268 g/mol. The van der Waals surface area contributed by atoms with Crippen molar-refractivity contribution < 1.29 is 4.79 Å². The van der Waals surface area contributed by atoms with E-state index in [2.05, 4.69) is 15.9 Å². The van der Waals surface area contributed by atoms with Crippen LogP contribution >= 0.6 is 15.9 Å². The van der Waals surface area contributed by atoms with Crippen LogP contribution in [0, 0.1) is 22.7 Å². The second-order valence-electron chi connectivity index (χ2n) is 3.30. The first-order valence-corrected chi connectivity index (χ1v) is 5.56. The third kappa shape index (κ3) is 2.48. The van der Waals surface area contributed by atoms with Crippen molar-refractivity contribution >= 4 is 21.7 Å². The number of benzene rings is 1. The molecule has 0 aliphatic heterocycles. The molecule has 4 heteroatoms. The van der Waals surface area contributed by atoms with Crippen LogP contribution in [0.5, 0.6) is 0 Å². The van der Waals surface area contributed by atoms with E-state index in [0.29, 0.717) is 11.1 Å². The van der Waals surface area contributed by atoms with Crippen molar-refractivity contribution in [2.75, 3.05) is 0 Å². The summed E-state index contributed by atoms with van der Waals surface area (Å²) in [6.45, 7) is 1.45. The van der Waals surface area contributed by atoms with Crippen molar-refractivity contribution in [1.82, 2.24) is 0 Å². The lowest BCUT2D eigenvalue weighted by Crippen LogP contribution is -2.07. The van der Waals surface area contributed by atoms with Gasteiger partial charge in [0.05, 0.1) is 28.9 Å². The van der Waals surface area contributed by atoms with Gasteiger partial charge in [-0.15, -0.1) is 0 Å². The van der Waals surface area contributed by atoms with E-state index in [4.69, 9.17) is 10.5 Å². The zero-order chi connectivity index (χ0) is 12.1. The molecule has 0 aliphatic rings. The fourth-order valence-corrected chi connectivity index (χ4v) is 1.99. The summed E-state index contributed by atoms with van der Waals surface area (Å²) >= 11 is 3.25. The van der Waals surface area contributed by atoms with Crippen LogP contribution in [0.15, 0.2) is 18.2 Å². The highest BCUT2D eigenvalue weighted by Gasteiger charge is 2.20. The Kier molecular flexibility index (Phi) is 4.22. The fraction of sp³-hybridized carbons (Fsp3) is 0.250. The zero-order valence-electron chi connectivity index (χ0n) is 8.70. The Bertz CT molecular complexity index is 497. The summed E-state index contributed by atoms with van der Waals surface area (Å²) in [6, 6.07) is 9.19. The predicted molar refractivity (Wildman–Crippen MR) is 62.8 cm³/mol. The van der Waals surface area contributed by atoms with Crippen molar-refractivity contribution in [2.45, 2.75) is 18.2 Å². The predicted octanol–water partition coefficient (Wildman–Crippen LogP) is 2.65. The van der Waals surface area contributed by atoms with Gasteiger partial charge in [0.25, 0.3) is 0 Å². The van der Waals surface area contributed by atoms with Gasteiger partial charge in [0, 0.05) is 0 Å². The molecule has 0 bridgehead atoms. The number of Topliss-reactive ketones (excluding diaryl/α,β-unsaturated/α-hetero) is 1. The van der Waals surface area contributed by atoms with Crippen LogP contribution in [-0.4, -0.2) is 5.78 Å². The molecule has 0 amide bonds. The van der Waals surface area contributed by atoms with Gasteiger partial charge in [0.1, 0.15) is 5.78 Å². The highest BCUT2D eigenvalue weighted by Crippen LogP contribution is 2.30. The molecule has 1 unspecified atom stereocenters. The zero-order valence-corrected chi connectivity index (χ0v) is 10.3. The Balaban J connectivity index is 3.38. The van der Waals surface area contributed by atoms with E-state index in [1.165, 1.54) is 6.92 Å². The lowest BCUT2D eigenvalue weighted by Gasteiger charge is -2.12. The first-order valence-electron chi connectivity index (χ1n) is 4.65. The molecular formula is C12H9BrN2O. The van der Waals surface area contributed by atoms with Crippen molar-refractivity contribution in [1.29, 1.82) is 10.5 Å². The Labute approximate surface area is 102 Å². The molecule has 1 aromatic carbocycles. The van der Waals surface area contributed by atoms with Gasteiger partial charge in [-0.05, 0) is 24.1 Å². The highest BCUT2D eigenvalue weighted by molar-refractivity contribution is 9.09. The molecule has 0 saturated carbocycles. The highest BCUT2D eigenvalue weighted by atomic mass is 79.9. The van der Waals surface area contributed by atoms with Crippen LogP contribution in [0.25, 0.3) is 0 Å². The van der Waals surface area contributed by atoms with E-state index in [-0.39, 0.29) is 12.2 Å². The number of carbonyl (C=O) groups is 1. The van der Waals surface area contributed by atoms with Crippen molar-refractivity contribution in [2.24, 2.45) is 0 Å².